The summed E-state index contributed by atoms with van der Waals surface area (Å²) in [4.78, 5) is 48.6. The summed E-state index contributed by atoms with van der Waals surface area (Å²) in [7, 11) is 1.53. The van der Waals surface area contributed by atoms with Crippen LogP contribution in [0, 0.1) is 5.82 Å². The lowest BCUT2D eigenvalue weighted by Crippen LogP contribution is -2.40. The van der Waals surface area contributed by atoms with Gasteiger partial charge in [-0.05, 0) is 29.8 Å². The zero-order chi connectivity index (χ0) is 25.7. The highest BCUT2D eigenvalue weighted by molar-refractivity contribution is 7.16. The van der Waals surface area contributed by atoms with Gasteiger partial charge in [0.2, 0.25) is 5.75 Å². The SMILES string of the molecule is Cn1c(=O)sc2cc(-n3cc(OC(=O)O)c(=O)n(Cc4cccc(F)c4C(F)(F)F)c3=O)ccc21. The summed E-state index contributed by atoms with van der Waals surface area (Å²) in [6.07, 6.45) is -6.26. The molecule has 1 N–H and O–H groups in total. The molecule has 2 aromatic heterocycles. The van der Waals surface area contributed by atoms with Gasteiger partial charge in [-0.1, -0.05) is 23.5 Å². The predicted molar refractivity (Wildman–Crippen MR) is 116 cm³/mol. The minimum Gasteiger partial charge on any atom is -0.449 e. The van der Waals surface area contributed by atoms with Crippen molar-refractivity contribution in [3.8, 4) is 11.4 Å². The van der Waals surface area contributed by atoms with Crippen molar-refractivity contribution in [2.75, 3.05) is 0 Å². The summed E-state index contributed by atoms with van der Waals surface area (Å²) in [5.74, 6) is -2.48. The van der Waals surface area contributed by atoms with Crippen molar-refractivity contribution in [1.82, 2.24) is 13.7 Å². The van der Waals surface area contributed by atoms with Crippen LogP contribution in [0.4, 0.5) is 22.4 Å². The number of halogens is 4. The fraction of sp³-hybridized carbons (Fsp3) is 0.143. The Kier molecular flexibility index (Phi) is 5.84. The normalized spacial score (nSPS) is 11.7. The maximum absolute atomic E-state index is 14.0. The maximum atomic E-state index is 14.0. The van der Waals surface area contributed by atoms with Crippen LogP contribution in [0.15, 0.2) is 57.0 Å². The fourth-order valence-corrected chi connectivity index (χ4v) is 4.44. The van der Waals surface area contributed by atoms with Gasteiger partial charge in [-0.15, -0.1) is 0 Å². The van der Waals surface area contributed by atoms with Gasteiger partial charge in [0, 0.05) is 7.05 Å². The topological polar surface area (TPSA) is 113 Å². The van der Waals surface area contributed by atoms with E-state index < -0.39 is 52.8 Å². The smallest absolute Gasteiger partial charge is 0.449 e. The number of alkyl halides is 3. The number of hydrogen-bond donors (Lipinski definition) is 1. The number of thiazole rings is 1. The molecule has 0 bridgehead atoms. The summed E-state index contributed by atoms with van der Waals surface area (Å²) in [6.45, 7) is -1.03. The molecular formula is C21H13F4N3O6S. The Bertz CT molecular complexity index is 1670. The van der Waals surface area contributed by atoms with Crippen LogP contribution in [0.2, 0.25) is 0 Å². The maximum Gasteiger partial charge on any atom is 0.511 e. The number of benzene rings is 2. The second kappa shape index (κ2) is 8.54. The molecule has 35 heavy (non-hydrogen) atoms. The van der Waals surface area contributed by atoms with Crippen molar-refractivity contribution in [3.05, 3.63) is 90.0 Å². The van der Waals surface area contributed by atoms with Crippen molar-refractivity contribution >= 4 is 27.7 Å². The number of fused-ring (bicyclic) bond motifs is 1. The lowest BCUT2D eigenvalue weighted by molar-refractivity contribution is -0.140. The summed E-state index contributed by atoms with van der Waals surface area (Å²) < 4.78 is 61.7. The van der Waals surface area contributed by atoms with Gasteiger partial charge < -0.3 is 14.4 Å². The Morgan fingerprint density at radius 2 is 1.86 bits per heavy atom. The highest BCUT2D eigenvalue weighted by Crippen LogP contribution is 2.34. The highest BCUT2D eigenvalue weighted by Gasteiger charge is 2.37. The van der Waals surface area contributed by atoms with Crippen molar-refractivity contribution < 1.29 is 32.2 Å². The summed E-state index contributed by atoms with van der Waals surface area (Å²) in [5, 5.41) is 8.97. The molecule has 0 fully saturated rings. The van der Waals surface area contributed by atoms with Crippen molar-refractivity contribution in [3.63, 3.8) is 0 Å². The fourth-order valence-electron chi connectivity index (χ4n) is 3.53. The zero-order valence-corrected chi connectivity index (χ0v) is 18.3. The van der Waals surface area contributed by atoms with E-state index in [1.807, 2.05) is 0 Å². The third kappa shape index (κ3) is 4.35. The molecule has 9 nitrogen and oxygen atoms in total. The van der Waals surface area contributed by atoms with Crippen LogP contribution in [-0.4, -0.2) is 25.0 Å². The van der Waals surface area contributed by atoms with Gasteiger partial charge in [-0.3, -0.25) is 18.7 Å². The van der Waals surface area contributed by atoms with Crippen molar-refractivity contribution in [1.29, 1.82) is 0 Å². The van der Waals surface area contributed by atoms with Crippen LogP contribution in [0.25, 0.3) is 15.9 Å². The third-order valence-electron chi connectivity index (χ3n) is 5.10. The van der Waals surface area contributed by atoms with E-state index in [2.05, 4.69) is 4.74 Å². The number of carbonyl (C=O) groups is 1. The lowest BCUT2D eigenvalue weighted by atomic mass is 10.1. The average Bonchev–Trinajstić information content (AvgIpc) is 3.05. The first-order valence-electron chi connectivity index (χ1n) is 9.60. The average molecular weight is 511 g/mol. The number of rotatable bonds is 4. The van der Waals surface area contributed by atoms with Gasteiger partial charge in [0.25, 0.3) is 5.56 Å². The largest absolute Gasteiger partial charge is 0.511 e. The van der Waals surface area contributed by atoms with Crippen LogP contribution in [0.5, 0.6) is 5.75 Å². The molecule has 0 spiro atoms. The van der Waals surface area contributed by atoms with Crippen LogP contribution < -0.4 is 20.9 Å². The Morgan fingerprint density at radius 1 is 1.14 bits per heavy atom. The Morgan fingerprint density at radius 3 is 2.51 bits per heavy atom. The van der Waals surface area contributed by atoms with Crippen LogP contribution >= 0.6 is 11.3 Å². The molecule has 182 valence electrons. The molecule has 0 aliphatic carbocycles. The second-order valence-electron chi connectivity index (χ2n) is 7.26. The molecule has 0 atom stereocenters. The Labute approximate surface area is 195 Å². The van der Waals surface area contributed by atoms with Gasteiger partial charge in [0.1, 0.15) is 5.82 Å². The molecule has 0 saturated carbocycles. The van der Waals surface area contributed by atoms with Crippen molar-refractivity contribution in [2.24, 2.45) is 7.05 Å². The molecule has 14 heteroatoms. The molecule has 0 radical (unpaired) electrons. The number of nitrogens with zero attached hydrogens (tertiary/aromatic N) is 3. The van der Waals surface area contributed by atoms with Crippen LogP contribution in [-0.2, 0) is 19.8 Å². The Balaban J connectivity index is 1.96. The first-order chi connectivity index (χ1) is 16.4. The monoisotopic (exact) mass is 511 g/mol. The van der Waals surface area contributed by atoms with E-state index in [0.717, 1.165) is 34.2 Å². The minimum atomic E-state index is -5.13. The van der Waals surface area contributed by atoms with Crippen molar-refractivity contribution in [2.45, 2.75) is 12.7 Å². The Hall–Kier alpha value is -4.20. The van der Waals surface area contributed by atoms with E-state index in [4.69, 9.17) is 5.11 Å². The summed E-state index contributed by atoms with van der Waals surface area (Å²) in [5.41, 5.74) is -4.28. The summed E-state index contributed by atoms with van der Waals surface area (Å²) in [6, 6.07) is 6.74. The van der Waals surface area contributed by atoms with Gasteiger partial charge in [-0.2, -0.15) is 13.2 Å². The molecule has 0 saturated heterocycles. The van der Waals surface area contributed by atoms with E-state index in [-0.39, 0.29) is 10.6 Å². The van der Waals surface area contributed by atoms with E-state index in [1.54, 1.807) is 0 Å². The van der Waals surface area contributed by atoms with Gasteiger partial charge in [0.05, 0.1) is 34.2 Å². The standard InChI is InChI=1S/C21H13F4N3O6S/c1-26-13-6-5-11(7-15(13)35-19(26)31)27-9-14(34-20(32)33)17(29)28(18(27)30)8-10-3-2-4-12(22)16(10)21(23,24)25/h2-7,9H,8H2,1H3,(H,32,33). The zero-order valence-electron chi connectivity index (χ0n) is 17.5. The first kappa shape index (κ1) is 23.9. The third-order valence-corrected chi connectivity index (χ3v) is 6.10. The summed E-state index contributed by atoms with van der Waals surface area (Å²) >= 11 is 0.856. The molecular weight excluding hydrogens is 498 g/mol. The van der Waals surface area contributed by atoms with E-state index in [1.165, 1.54) is 29.8 Å². The molecule has 2 heterocycles. The second-order valence-corrected chi connectivity index (χ2v) is 8.25. The van der Waals surface area contributed by atoms with Gasteiger partial charge in [0.15, 0.2) is 0 Å². The molecule has 4 aromatic rings. The highest BCUT2D eigenvalue weighted by atomic mass is 32.1. The number of hydrogen-bond acceptors (Lipinski definition) is 6. The minimum absolute atomic E-state index is 0.0728. The molecule has 4 rings (SSSR count). The van der Waals surface area contributed by atoms with E-state index in [9.17, 15) is 36.7 Å². The number of aromatic nitrogens is 3. The number of aryl methyl sites for hydroxylation is 1. The molecule has 2 aromatic carbocycles. The predicted octanol–water partition coefficient (Wildman–Crippen LogP) is 3.18. The van der Waals surface area contributed by atoms with Crippen LogP contribution in [0.1, 0.15) is 11.1 Å². The van der Waals surface area contributed by atoms with E-state index >= 15 is 0 Å². The first-order valence-corrected chi connectivity index (χ1v) is 10.4. The van der Waals surface area contributed by atoms with Crippen LogP contribution in [0.3, 0.4) is 0 Å². The van der Waals surface area contributed by atoms with Gasteiger partial charge >= 0.3 is 22.9 Å². The molecule has 0 aliphatic heterocycles. The van der Waals surface area contributed by atoms with E-state index in [0.29, 0.717) is 20.9 Å². The molecule has 0 unspecified atom stereocenters. The molecule has 0 aliphatic rings. The lowest BCUT2D eigenvalue weighted by Gasteiger charge is -2.16. The number of ether oxygens (including phenoxy) is 1. The molecule has 0 amide bonds. The van der Waals surface area contributed by atoms with Gasteiger partial charge in [-0.25, -0.2) is 14.0 Å². The quantitative estimate of drug-likeness (QED) is 0.333. The number of carboxylic acid groups (broad SMARTS) is 1.